The molecule has 4 nitrogen and oxygen atoms in total. The van der Waals surface area contributed by atoms with Crippen molar-refractivity contribution in [1.82, 2.24) is 10.6 Å². The number of hydrogen-bond acceptors (Lipinski definition) is 4. The summed E-state index contributed by atoms with van der Waals surface area (Å²) in [5.74, 6) is 2.86. The van der Waals surface area contributed by atoms with E-state index in [4.69, 9.17) is 4.74 Å². The summed E-state index contributed by atoms with van der Waals surface area (Å²) in [7, 11) is 0. The summed E-state index contributed by atoms with van der Waals surface area (Å²) in [6.07, 6.45) is 2.05. The number of halogens is 1. The molecule has 0 bridgehead atoms. The van der Waals surface area contributed by atoms with Crippen LogP contribution in [0.15, 0.2) is 28.7 Å². The lowest BCUT2D eigenvalue weighted by Crippen LogP contribution is -2.41. The summed E-state index contributed by atoms with van der Waals surface area (Å²) in [6, 6.07) is 7.86. The molecule has 2 rings (SSSR count). The van der Waals surface area contributed by atoms with Crippen molar-refractivity contribution >= 4 is 33.6 Å². The number of thioether (sulfide) groups is 1. The van der Waals surface area contributed by atoms with Crippen LogP contribution in [0.1, 0.15) is 12.8 Å². The largest absolute Gasteiger partial charge is 0.493 e. The Morgan fingerprint density at radius 2 is 2.38 bits per heavy atom. The van der Waals surface area contributed by atoms with Crippen molar-refractivity contribution in [2.75, 3.05) is 31.2 Å². The molecule has 1 aliphatic heterocycles. The molecule has 1 aliphatic rings. The summed E-state index contributed by atoms with van der Waals surface area (Å²) in [4.78, 5) is 11.7. The van der Waals surface area contributed by atoms with Crippen molar-refractivity contribution in [3.8, 4) is 5.75 Å². The average Bonchev–Trinajstić information content (AvgIpc) is 3.00. The van der Waals surface area contributed by atoms with E-state index in [0.29, 0.717) is 6.61 Å². The molecule has 1 aromatic rings. The lowest BCUT2D eigenvalue weighted by atomic mass is 10.2. The molecule has 0 aliphatic carbocycles. The number of amides is 1. The van der Waals surface area contributed by atoms with Gasteiger partial charge in [0.15, 0.2) is 0 Å². The van der Waals surface area contributed by atoms with E-state index in [0.717, 1.165) is 47.7 Å². The fraction of sp³-hybridized carbons (Fsp3) is 0.533. The topological polar surface area (TPSA) is 50.4 Å². The van der Waals surface area contributed by atoms with Gasteiger partial charge in [-0.2, -0.15) is 11.8 Å². The number of nitrogens with one attached hydrogen (secondary N) is 2. The molecule has 116 valence electrons. The minimum Gasteiger partial charge on any atom is -0.493 e. The highest BCUT2D eigenvalue weighted by molar-refractivity contribution is 9.10. The maximum absolute atomic E-state index is 11.7. The van der Waals surface area contributed by atoms with Crippen LogP contribution in [0.25, 0.3) is 0 Å². The standard InChI is InChI=1S/C15H21BrN2O2S/c16-12-3-1-4-13(11-12)20-8-10-21-9-7-18-15(19)14-5-2-6-17-14/h1,3-4,11,14,17H,2,5-10H2,(H,18,19). The van der Waals surface area contributed by atoms with Crippen molar-refractivity contribution in [3.63, 3.8) is 0 Å². The highest BCUT2D eigenvalue weighted by atomic mass is 79.9. The Bertz CT molecular complexity index is 453. The smallest absolute Gasteiger partial charge is 0.237 e. The maximum Gasteiger partial charge on any atom is 0.237 e. The van der Waals surface area contributed by atoms with Crippen LogP contribution in [0.4, 0.5) is 0 Å². The quantitative estimate of drug-likeness (QED) is 0.688. The maximum atomic E-state index is 11.7. The monoisotopic (exact) mass is 372 g/mol. The number of ether oxygens (including phenoxy) is 1. The van der Waals surface area contributed by atoms with Crippen LogP contribution in [0.5, 0.6) is 5.75 Å². The third-order valence-corrected chi connectivity index (χ3v) is 4.66. The van der Waals surface area contributed by atoms with Gasteiger partial charge in [-0.1, -0.05) is 22.0 Å². The molecule has 1 unspecified atom stereocenters. The highest BCUT2D eigenvalue weighted by Gasteiger charge is 2.20. The fourth-order valence-electron chi connectivity index (χ4n) is 2.16. The molecule has 2 N–H and O–H groups in total. The molecule has 0 radical (unpaired) electrons. The average molecular weight is 373 g/mol. The summed E-state index contributed by atoms with van der Waals surface area (Å²) >= 11 is 5.21. The van der Waals surface area contributed by atoms with Crippen LogP contribution < -0.4 is 15.4 Å². The molecular formula is C15H21BrN2O2S. The molecular weight excluding hydrogens is 352 g/mol. The number of hydrogen-bond donors (Lipinski definition) is 2. The van der Waals surface area contributed by atoms with Gasteiger partial charge in [0.2, 0.25) is 5.91 Å². The van der Waals surface area contributed by atoms with E-state index in [2.05, 4.69) is 26.6 Å². The molecule has 1 fully saturated rings. The minimum absolute atomic E-state index is 0.0230. The SMILES string of the molecule is O=C(NCCSCCOc1cccc(Br)c1)C1CCCN1. The van der Waals surface area contributed by atoms with Gasteiger partial charge in [0, 0.05) is 22.5 Å². The van der Waals surface area contributed by atoms with Gasteiger partial charge in [0.05, 0.1) is 12.6 Å². The fourth-order valence-corrected chi connectivity index (χ4v) is 3.19. The van der Waals surface area contributed by atoms with E-state index in [1.54, 1.807) is 11.8 Å². The molecule has 1 heterocycles. The lowest BCUT2D eigenvalue weighted by Gasteiger charge is -2.11. The van der Waals surface area contributed by atoms with Crippen molar-refractivity contribution < 1.29 is 9.53 Å². The molecule has 1 saturated heterocycles. The zero-order valence-corrected chi connectivity index (χ0v) is 14.3. The zero-order valence-electron chi connectivity index (χ0n) is 11.9. The van der Waals surface area contributed by atoms with Crippen molar-refractivity contribution in [2.24, 2.45) is 0 Å². The van der Waals surface area contributed by atoms with Gasteiger partial charge in [-0.3, -0.25) is 4.79 Å². The van der Waals surface area contributed by atoms with Gasteiger partial charge in [-0.15, -0.1) is 0 Å². The van der Waals surface area contributed by atoms with Gasteiger partial charge in [-0.25, -0.2) is 0 Å². The molecule has 1 atom stereocenters. The zero-order chi connectivity index (χ0) is 14.9. The Kier molecular flexibility index (Phi) is 7.39. The summed E-state index contributed by atoms with van der Waals surface area (Å²) in [5, 5.41) is 6.17. The normalized spacial score (nSPS) is 17.7. The number of carbonyl (C=O) groups excluding carboxylic acids is 1. The molecule has 6 heteroatoms. The van der Waals surface area contributed by atoms with Gasteiger partial charge in [0.25, 0.3) is 0 Å². The first-order valence-electron chi connectivity index (χ1n) is 7.23. The Labute approximate surface area is 138 Å². The third kappa shape index (κ3) is 6.28. The van der Waals surface area contributed by atoms with Crippen LogP contribution in [-0.2, 0) is 4.79 Å². The summed E-state index contributed by atoms with van der Waals surface area (Å²) in [5.41, 5.74) is 0. The Morgan fingerprint density at radius 1 is 1.48 bits per heavy atom. The van der Waals surface area contributed by atoms with Crippen LogP contribution in [0.3, 0.4) is 0 Å². The first-order valence-corrected chi connectivity index (χ1v) is 9.18. The molecule has 0 saturated carbocycles. The second-order valence-electron chi connectivity index (χ2n) is 4.86. The molecule has 21 heavy (non-hydrogen) atoms. The number of benzene rings is 1. The van der Waals surface area contributed by atoms with Gasteiger partial charge >= 0.3 is 0 Å². The van der Waals surface area contributed by atoms with Gasteiger partial charge in [-0.05, 0) is 37.6 Å². The first kappa shape index (κ1) is 16.6. The second kappa shape index (κ2) is 9.33. The van der Waals surface area contributed by atoms with E-state index < -0.39 is 0 Å². The first-order chi connectivity index (χ1) is 10.3. The summed E-state index contributed by atoms with van der Waals surface area (Å²) < 4.78 is 6.67. The number of rotatable bonds is 8. The Hall–Kier alpha value is -0.720. The second-order valence-corrected chi connectivity index (χ2v) is 7.00. The van der Waals surface area contributed by atoms with E-state index >= 15 is 0 Å². The third-order valence-electron chi connectivity index (χ3n) is 3.21. The van der Waals surface area contributed by atoms with Crippen LogP contribution in [-0.4, -0.2) is 43.2 Å². The van der Waals surface area contributed by atoms with Crippen LogP contribution in [0, 0.1) is 0 Å². The minimum atomic E-state index is 0.0230. The summed E-state index contributed by atoms with van der Waals surface area (Å²) in [6.45, 7) is 2.36. The predicted molar refractivity (Wildman–Crippen MR) is 91.0 cm³/mol. The highest BCUT2D eigenvalue weighted by Crippen LogP contribution is 2.17. The Balaban J connectivity index is 1.47. The van der Waals surface area contributed by atoms with E-state index in [1.165, 1.54) is 0 Å². The lowest BCUT2D eigenvalue weighted by molar-refractivity contribution is -0.122. The van der Waals surface area contributed by atoms with Crippen LogP contribution >= 0.6 is 27.7 Å². The van der Waals surface area contributed by atoms with Crippen molar-refractivity contribution in [3.05, 3.63) is 28.7 Å². The van der Waals surface area contributed by atoms with E-state index in [-0.39, 0.29) is 11.9 Å². The molecule has 0 spiro atoms. The van der Waals surface area contributed by atoms with Gasteiger partial charge < -0.3 is 15.4 Å². The van der Waals surface area contributed by atoms with E-state index in [1.807, 2.05) is 24.3 Å². The molecule has 1 amide bonds. The Morgan fingerprint density at radius 3 is 3.14 bits per heavy atom. The van der Waals surface area contributed by atoms with Gasteiger partial charge in [0.1, 0.15) is 5.75 Å². The van der Waals surface area contributed by atoms with Crippen molar-refractivity contribution in [2.45, 2.75) is 18.9 Å². The molecule has 0 aromatic heterocycles. The van der Waals surface area contributed by atoms with Crippen LogP contribution in [0.2, 0.25) is 0 Å². The number of carbonyl (C=O) groups is 1. The predicted octanol–water partition coefficient (Wildman–Crippen LogP) is 2.43. The van der Waals surface area contributed by atoms with Crippen molar-refractivity contribution in [1.29, 1.82) is 0 Å². The molecule has 1 aromatic carbocycles. The van der Waals surface area contributed by atoms with E-state index in [9.17, 15) is 4.79 Å².